The van der Waals surface area contributed by atoms with Gasteiger partial charge in [-0.05, 0) is 50.3 Å². The zero-order chi connectivity index (χ0) is 15.7. The number of piperidine rings is 1. The number of likely N-dealkylation sites (tertiary alicyclic amines) is 1. The summed E-state index contributed by atoms with van der Waals surface area (Å²) in [6, 6.07) is 2.15. The molecule has 1 heterocycles. The summed E-state index contributed by atoms with van der Waals surface area (Å²) in [7, 11) is 0. The van der Waals surface area contributed by atoms with Gasteiger partial charge in [-0.3, -0.25) is 4.79 Å². The lowest BCUT2D eigenvalue weighted by Crippen LogP contribution is -2.45. The quantitative estimate of drug-likeness (QED) is 0.861. The number of benzene rings is 1. The summed E-state index contributed by atoms with van der Waals surface area (Å²) in [4.78, 5) is 13.9. The van der Waals surface area contributed by atoms with E-state index in [4.69, 9.17) is 11.6 Å². The van der Waals surface area contributed by atoms with Crippen LogP contribution in [0.1, 0.15) is 36.0 Å². The minimum atomic E-state index is -0.773. The van der Waals surface area contributed by atoms with E-state index in [1.807, 2.05) is 0 Å². The number of carbonyl (C=O) groups excluding carboxylic acids is 1. The van der Waals surface area contributed by atoms with Crippen LogP contribution in [0.2, 0.25) is 5.02 Å². The van der Waals surface area contributed by atoms with E-state index in [1.165, 1.54) is 12.8 Å². The van der Waals surface area contributed by atoms with E-state index >= 15 is 0 Å². The molecule has 0 atom stereocenters. The SMILES string of the molecule is O=C(c1cc(F)c(Cl)cc1F)N1CCC(NCC2CC2)CC1. The first-order valence-electron chi connectivity index (χ1n) is 7.72. The highest BCUT2D eigenvalue weighted by atomic mass is 35.5. The normalized spacial score (nSPS) is 19.5. The Kier molecular flexibility index (Phi) is 4.64. The molecule has 2 fully saturated rings. The third-order valence-electron chi connectivity index (χ3n) is 4.41. The fraction of sp³-hybridized carbons (Fsp3) is 0.562. The third-order valence-corrected chi connectivity index (χ3v) is 4.70. The van der Waals surface area contributed by atoms with Gasteiger partial charge in [0.05, 0.1) is 10.6 Å². The topological polar surface area (TPSA) is 32.3 Å². The van der Waals surface area contributed by atoms with E-state index in [2.05, 4.69) is 5.32 Å². The molecule has 120 valence electrons. The summed E-state index contributed by atoms with van der Waals surface area (Å²) in [5.74, 6) is -1.18. The van der Waals surface area contributed by atoms with Gasteiger partial charge in [-0.2, -0.15) is 0 Å². The minimum absolute atomic E-state index is 0.244. The average Bonchev–Trinajstić information content (AvgIpc) is 3.33. The molecular weight excluding hydrogens is 310 g/mol. The first kappa shape index (κ1) is 15.7. The molecule has 2 aliphatic rings. The molecule has 1 amide bonds. The molecule has 0 spiro atoms. The van der Waals surface area contributed by atoms with E-state index in [0.29, 0.717) is 19.1 Å². The van der Waals surface area contributed by atoms with Crippen molar-refractivity contribution in [3.63, 3.8) is 0 Å². The van der Waals surface area contributed by atoms with Crippen LogP contribution in [0.5, 0.6) is 0 Å². The van der Waals surface area contributed by atoms with Gasteiger partial charge in [-0.15, -0.1) is 0 Å². The van der Waals surface area contributed by atoms with Crippen molar-refractivity contribution in [3.8, 4) is 0 Å². The maximum absolute atomic E-state index is 13.8. The van der Waals surface area contributed by atoms with Crippen molar-refractivity contribution >= 4 is 17.5 Å². The van der Waals surface area contributed by atoms with Crippen LogP contribution in [-0.2, 0) is 0 Å². The predicted molar refractivity (Wildman–Crippen MR) is 81.0 cm³/mol. The van der Waals surface area contributed by atoms with Crippen LogP contribution in [0.25, 0.3) is 0 Å². The molecule has 1 saturated carbocycles. The first-order valence-corrected chi connectivity index (χ1v) is 8.09. The van der Waals surface area contributed by atoms with Gasteiger partial charge in [0.25, 0.3) is 5.91 Å². The molecule has 3 rings (SSSR count). The Balaban J connectivity index is 1.58. The fourth-order valence-electron chi connectivity index (χ4n) is 2.80. The molecule has 22 heavy (non-hydrogen) atoms. The lowest BCUT2D eigenvalue weighted by atomic mass is 10.0. The average molecular weight is 329 g/mol. The summed E-state index contributed by atoms with van der Waals surface area (Å²) >= 11 is 5.51. The number of carbonyl (C=O) groups is 1. The van der Waals surface area contributed by atoms with Gasteiger partial charge in [0.15, 0.2) is 0 Å². The highest BCUT2D eigenvalue weighted by Crippen LogP contribution is 2.28. The summed E-state index contributed by atoms with van der Waals surface area (Å²) in [6.07, 6.45) is 4.31. The van der Waals surface area contributed by atoms with Crippen LogP contribution in [-0.4, -0.2) is 36.5 Å². The molecule has 6 heteroatoms. The van der Waals surface area contributed by atoms with Crippen LogP contribution < -0.4 is 5.32 Å². The van der Waals surface area contributed by atoms with Crippen molar-refractivity contribution in [1.82, 2.24) is 10.2 Å². The number of rotatable bonds is 4. The molecule has 3 nitrogen and oxygen atoms in total. The summed E-state index contributed by atoms with van der Waals surface area (Å²) in [6.45, 7) is 2.17. The predicted octanol–water partition coefficient (Wildman–Crippen LogP) is 3.22. The fourth-order valence-corrected chi connectivity index (χ4v) is 2.95. The zero-order valence-corrected chi connectivity index (χ0v) is 13.0. The molecule has 1 aromatic rings. The highest BCUT2D eigenvalue weighted by molar-refractivity contribution is 6.30. The van der Waals surface area contributed by atoms with Gasteiger partial charge in [0.2, 0.25) is 0 Å². The van der Waals surface area contributed by atoms with Crippen molar-refractivity contribution in [3.05, 3.63) is 34.4 Å². The lowest BCUT2D eigenvalue weighted by Gasteiger charge is -2.32. The third kappa shape index (κ3) is 3.58. The second kappa shape index (κ2) is 6.50. The van der Waals surface area contributed by atoms with Crippen LogP contribution in [0.15, 0.2) is 12.1 Å². The van der Waals surface area contributed by atoms with Crippen LogP contribution in [0, 0.1) is 17.6 Å². The Labute approximate surface area is 133 Å². The molecule has 0 radical (unpaired) electrons. The van der Waals surface area contributed by atoms with Gasteiger partial charge in [0, 0.05) is 19.1 Å². The van der Waals surface area contributed by atoms with Gasteiger partial charge in [-0.1, -0.05) is 11.6 Å². The molecule has 0 bridgehead atoms. The van der Waals surface area contributed by atoms with E-state index in [9.17, 15) is 13.6 Å². The Hall–Kier alpha value is -1.20. The van der Waals surface area contributed by atoms with Gasteiger partial charge < -0.3 is 10.2 Å². The first-order chi connectivity index (χ1) is 10.5. The van der Waals surface area contributed by atoms with Gasteiger partial charge in [0.1, 0.15) is 11.6 Å². The number of hydrogen-bond donors (Lipinski definition) is 1. The smallest absolute Gasteiger partial charge is 0.256 e. The highest BCUT2D eigenvalue weighted by Gasteiger charge is 2.27. The zero-order valence-electron chi connectivity index (χ0n) is 12.2. The minimum Gasteiger partial charge on any atom is -0.338 e. The van der Waals surface area contributed by atoms with E-state index in [0.717, 1.165) is 37.4 Å². The molecule has 1 aliphatic carbocycles. The number of nitrogens with zero attached hydrogens (tertiary/aromatic N) is 1. The second-order valence-electron chi connectivity index (χ2n) is 6.16. The summed E-state index contributed by atoms with van der Waals surface area (Å²) < 4.78 is 27.3. The van der Waals surface area contributed by atoms with E-state index in [-0.39, 0.29) is 10.6 Å². The number of nitrogens with one attached hydrogen (secondary N) is 1. The number of amides is 1. The van der Waals surface area contributed by atoms with Crippen LogP contribution >= 0.6 is 11.6 Å². The Morgan fingerprint density at radius 2 is 1.86 bits per heavy atom. The van der Waals surface area contributed by atoms with Gasteiger partial charge >= 0.3 is 0 Å². The monoisotopic (exact) mass is 328 g/mol. The maximum atomic E-state index is 13.8. The van der Waals surface area contributed by atoms with Crippen LogP contribution in [0.3, 0.4) is 0 Å². The number of hydrogen-bond acceptors (Lipinski definition) is 2. The second-order valence-corrected chi connectivity index (χ2v) is 6.57. The van der Waals surface area contributed by atoms with Crippen molar-refractivity contribution < 1.29 is 13.6 Å². The van der Waals surface area contributed by atoms with Crippen LogP contribution in [0.4, 0.5) is 8.78 Å². The van der Waals surface area contributed by atoms with Crippen molar-refractivity contribution in [2.45, 2.75) is 31.7 Å². The Morgan fingerprint density at radius 3 is 2.50 bits per heavy atom. The molecule has 0 unspecified atom stereocenters. The molecule has 1 N–H and O–H groups in total. The molecule has 0 aromatic heterocycles. The maximum Gasteiger partial charge on any atom is 0.256 e. The molecule has 1 aliphatic heterocycles. The van der Waals surface area contributed by atoms with Crippen molar-refractivity contribution in [2.24, 2.45) is 5.92 Å². The molecule has 1 aromatic carbocycles. The molecular formula is C16H19ClF2N2O. The number of halogens is 3. The summed E-state index contributed by atoms with van der Waals surface area (Å²) in [5.41, 5.74) is -0.244. The molecule has 1 saturated heterocycles. The van der Waals surface area contributed by atoms with Crippen molar-refractivity contribution in [1.29, 1.82) is 0 Å². The van der Waals surface area contributed by atoms with Crippen molar-refractivity contribution in [2.75, 3.05) is 19.6 Å². The Bertz CT molecular complexity index is 570. The summed E-state index contributed by atoms with van der Waals surface area (Å²) in [5, 5.41) is 3.21. The van der Waals surface area contributed by atoms with E-state index in [1.54, 1.807) is 4.90 Å². The lowest BCUT2D eigenvalue weighted by molar-refractivity contribution is 0.0699. The van der Waals surface area contributed by atoms with E-state index < -0.39 is 17.5 Å². The standard InChI is InChI=1S/C16H19ClF2N2O/c17-13-8-14(18)12(7-15(13)19)16(22)21-5-3-11(4-6-21)20-9-10-1-2-10/h7-8,10-11,20H,1-6,9H2. The Morgan fingerprint density at radius 1 is 1.18 bits per heavy atom. The van der Waals surface area contributed by atoms with Gasteiger partial charge in [-0.25, -0.2) is 8.78 Å². The largest absolute Gasteiger partial charge is 0.338 e.